The first-order chi connectivity index (χ1) is 4.35. The van der Waals surface area contributed by atoms with E-state index in [-0.39, 0.29) is 6.10 Å². The fraction of sp³-hybridized carbons (Fsp3) is 1.00. The fourth-order valence-electron chi connectivity index (χ4n) is 0.556. The Morgan fingerprint density at radius 2 is 2.11 bits per heavy atom. The van der Waals surface area contributed by atoms with Crippen LogP contribution < -0.4 is 0 Å². The van der Waals surface area contributed by atoms with Crippen LogP contribution in [0.25, 0.3) is 0 Å². The summed E-state index contributed by atoms with van der Waals surface area (Å²) in [6.45, 7) is 0.692. The van der Waals surface area contributed by atoms with Gasteiger partial charge in [0.1, 0.15) is 0 Å². The maximum absolute atomic E-state index is 5.09. The van der Waals surface area contributed by atoms with Crippen LogP contribution in [-0.2, 0) is 9.47 Å². The SMILES string of the molecule is COCC(CSC)OC. The molecule has 0 rings (SSSR count). The highest BCUT2D eigenvalue weighted by atomic mass is 32.2. The lowest BCUT2D eigenvalue weighted by Crippen LogP contribution is -2.19. The van der Waals surface area contributed by atoms with Crippen molar-refractivity contribution in [3.63, 3.8) is 0 Å². The first kappa shape index (κ1) is 9.27. The minimum absolute atomic E-state index is 0.255. The molecule has 0 aromatic carbocycles. The monoisotopic (exact) mass is 150 g/mol. The Hall–Kier alpha value is 0.270. The van der Waals surface area contributed by atoms with Gasteiger partial charge >= 0.3 is 0 Å². The van der Waals surface area contributed by atoms with E-state index in [1.165, 1.54) is 0 Å². The highest BCUT2D eigenvalue weighted by Crippen LogP contribution is 2.00. The topological polar surface area (TPSA) is 18.5 Å². The standard InChI is InChI=1S/C6H14O2S/c1-7-4-6(8-2)5-9-3/h6H,4-5H2,1-3H3. The lowest BCUT2D eigenvalue weighted by atomic mass is 10.4. The number of rotatable bonds is 5. The van der Waals surface area contributed by atoms with Crippen molar-refractivity contribution in [2.45, 2.75) is 6.10 Å². The second-order valence-electron chi connectivity index (χ2n) is 1.77. The van der Waals surface area contributed by atoms with Gasteiger partial charge in [0.25, 0.3) is 0 Å². The zero-order valence-corrected chi connectivity index (χ0v) is 7.03. The van der Waals surface area contributed by atoms with Gasteiger partial charge in [0, 0.05) is 20.0 Å². The van der Waals surface area contributed by atoms with Gasteiger partial charge in [-0.1, -0.05) is 0 Å². The van der Waals surface area contributed by atoms with Gasteiger partial charge in [-0.2, -0.15) is 11.8 Å². The average molecular weight is 150 g/mol. The molecule has 0 aromatic rings. The van der Waals surface area contributed by atoms with Gasteiger partial charge in [-0.25, -0.2) is 0 Å². The summed E-state index contributed by atoms with van der Waals surface area (Å²) in [6, 6.07) is 0. The van der Waals surface area contributed by atoms with E-state index in [0.29, 0.717) is 6.61 Å². The van der Waals surface area contributed by atoms with Crippen molar-refractivity contribution in [2.24, 2.45) is 0 Å². The smallest absolute Gasteiger partial charge is 0.0894 e. The minimum atomic E-state index is 0.255. The van der Waals surface area contributed by atoms with E-state index in [9.17, 15) is 0 Å². The van der Waals surface area contributed by atoms with Crippen LogP contribution in [0.2, 0.25) is 0 Å². The van der Waals surface area contributed by atoms with Crippen molar-refractivity contribution in [2.75, 3.05) is 32.8 Å². The van der Waals surface area contributed by atoms with E-state index in [1.54, 1.807) is 26.0 Å². The number of hydrogen-bond acceptors (Lipinski definition) is 3. The Labute approximate surface area is 60.9 Å². The Kier molecular flexibility index (Phi) is 6.58. The van der Waals surface area contributed by atoms with Gasteiger partial charge in [0.15, 0.2) is 0 Å². The van der Waals surface area contributed by atoms with E-state index in [4.69, 9.17) is 9.47 Å². The summed E-state index contributed by atoms with van der Waals surface area (Å²) in [5.41, 5.74) is 0. The Morgan fingerprint density at radius 1 is 1.44 bits per heavy atom. The van der Waals surface area contributed by atoms with Crippen LogP contribution in [0.5, 0.6) is 0 Å². The Balaban J connectivity index is 3.18. The third-order valence-corrected chi connectivity index (χ3v) is 1.74. The van der Waals surface area contributed by atoms with Gasteiger partial charge < -0.3 is 9.47 Å². The molecule has 0 saturated carbocycles. The maximum atomic E-state index is 5.09. The molecule has 0 aromatic heterocycles. The van der Waals surface area contributed by atoms with Crippen molar-refractivity contribution in [3.8, 4) is 0 Å². The minimum Gasteiger partial charge on any atom is -0.382 e. The molecule has 0 amide bonds. The fourth-order valence-corrected chi connectivity index (χ4v) is 1.16. The molecule has 0 radical (unpaired) electrons. The summed E-state index contributed by atoms with van der Waals surface area (Å²) in [5.74, 6) is 1.00. The lowest BCUT2D eigenvalue weighted by Gasteiger charge is -2.11. The summed E-state index contributed by atoms with van der Waals surface area (Å²) in [4.78, 5) is 0. The molecule has 0 heterocycles. The third kappa shape index (κ3) is 4.75. The van der Waals surface area contributed by atoms with Gasteiger partial charge in [-0.05, 0) is 6.26 Å². The van der Waals surface area contributed by atoms with Crippen LogP contribution in [0.4, 0.5) is 0 Å². The summed E-state index contributed by atoms with van der Waals surface area (Å²) >= 11 is 1.77. The van der Waals surface area contributed by atoms with Crippen molar-refractivity contribution >= 4 is 11.8 Å². The molecular weight excluding hydrogens is 136 g/mol. The molecule has 0 fully saturated rings. The van der Waals surface area contributed by atoms with Crippen LogP contribution in [0, 0.1) is 0 Å². The largest absolute Gasteiger partial charge is 0.382 e. The highest BCUT2D eigenvalue weighted by molar-refractivity contribution is 7.98. The van der Waals surface area contributed by atoms with Gasteiger partial charge in [0.05, 0.1) is 12.7 Å². The van der Waals surface area contributed by atoms with E-state index in [1.807, 2.05) is 0 Å². The molecule has 56 valence electrons. The van der Waals surface area contributed by atoms with Crippen molar-refractivity contribution < 1.29 is 9.47 Å². The molecule has 0 aliphatic rings. The molecular formula is C6H14O2S. The Morgan fingerprint density at radius 3 is 2.44 bits per heavy atom. The Bertz CT molecular complexity index is 53.0. The normalized spacial score (nSPS) is 13.7. The molecule has 0 bridgehead atoms. The van der Waals surface area contributed by atoms with Crippen LogP contribution in [-0.4, -0.2) is 38.9 Å². The second-order valence-corrected chi connectivity index (χ2v) is 2.68. The van der Waals surface area contributed by atoms with Crippen molar-refractivity contribution in [1.29, 1.82) is 0 Å². The molecule has 2 nitrogen and oxygen atoms in total. The zero-order chi connectivity index (χ0) is 7.11. The number of thioether (sulfide) groups is 1. The van der Waals surface area contributed by atoms with E-state index in [2.05, 4.69) is 6.26 Å². The van der Waals surface area contributed by atoms with Gasteiger partial charge in [0.2, 0.25) is 0 Å². The van der Waals surface area contributed by atoms with E-state index < -0.39 is 0 Å². The molecule has 1 unspecified atom stereocenters. The number of methoxy groups -OCH3 is 2. The van der Waals surface area contributed by atoms with Gasteiger partial charge in [-0.15, -0.1) is 0 Å². The summed E-state index contributed by atoms with van der Waals surface area (Å²) in [5, 5.41) is 0. The molecule has 0 N–H and O–H groups in total. The lowest BCUT2D eigenvalue weighted by molar-refractivity contribution is 0.0431. The second kappa shape index (κ2) is 6.39. The molecule has 9 heavy (non-hydrogen) atoms. The van der Waals surface area contributed by atoms with Crippen molar-refractivity contribution in [3.05, 3.63) is 0 Å². The first-order valence-electron chi connectivity index (χ1n) is 2.85. The molecule has 3 heteroatoms. The predicted molar refractivity (Wildman–Crippen MR) is 41.1 cm³/mol. The van der Waals surface area contributed by atoms with Crippen molar-refractivity contribution in [1.82, 2.24) is 0 Å². The van der Waals surface area contributed by atoms with Crippen LogP contribution in [0.1, 0.15) is 0 Å². The van der Waals surface area contributed by atoms with E-state index >= 15 is 0 Å². The molecule has 0 saturated heterocycles. The maximum Gasteiger partial charge on any atom is 0.0894 e. The summed E-state index contributed by atoms with van der Waals surface area (Å²) < 4.78 is 9.99. The zero-order valence-electron chi connectivity index (χ0n) is 6.22. The first-order valence-corrected chi connectivity index (χ1v) is 4.25. The van der Waals surface area contributed by atoms with Crippen LogP contribution >= 0.6 is 11.8 Å². The molecule has 0 aliphatic heterocycles. The highest BCUT2D eigenvalue weighted by Gasteiger charge is 2.03. The predicted octanol–water partition coefficient (Wildman–Crippen LogP) is 1.01. The summed E-state index contributed by atoms with van der Waals surface area (Å²) in [7, 11) is 3.40. The van der Waals surface area contributed by atoms with Gasteiger partial charge in [-0.3, -0.25) is 0 Å². The van der Waals surface area contributed by atoms with Crippen LogP contribution in [0.15, 0.2) is 0 Å². The summed E-state index contributed by atoms with van der Waals surface area (Å²) in [6.07, 6.45) is 2.31. The molecule has 1 atom stereocenters. The molecule has 0 aliphatic carbocycles. The van der Waals surface area contributed by atoms with Crippen LogP contribution in [0.3, 0.4) is 0 Å². The quantitative estimate of drug-likeness (QED) is 0.583. The molecule has 0 spiro atoms. The average Bonchev–Trinajstić information content (AvgIpc) is 1.88. The number of ether oxygens (including phenoxy) is 2. The number of hydrogen-bond donors (Lipinski definition) is 0. The third-order valence-electron chi connectivity index (χ3n) is 1.04. The van der Waals surface area contributed by atoms with E-state index in [0.717, 1.165) is 5.75 Å².